The summed E-state index contributed by atoms with van der Waals surface area (Å²) < 4.78 is 0. The van der Waals surface area contributed by atoms with Crippen molar-refractivity contribution >= 4 is 5.69 Å². The van der Waals surface area contributed by atoms with Crippen LogP contribution in [0.5, 0.6) is 0 Å². The van der Waals surface area contributed by atoms with Crippen molar-refractivity contribution in [3.8, 4) is 0 Å². The molecule has 2 atom stereocenters. The van der Waals surface area contributed by atoms with Crippen molar-refractivity contribution in [2.45, 2.75) is 13.0 Å². The highest BCUT2D eigenvalue weighted by molar-refractivity contribution is 5.52. The van der Waals surface area contributed by atoms with Crippen LogP contribution in [0.3, 0.4) is 0 Å². The van der Waals surface area contributed by atoms with Gasteiger partial charge in [0.2, 0.25) is 0 Å². The number of rotatable bonds is 1. The molecule has 14 heavy (non-hydrogen) atoms. The Labute approximate surface area is 84.9 Å². The molecule has 2 nitrogen and oxygen atoms in total. The minimum Gasteiger partial charge on any atom is -0.366 e. The van der Waals surface area contributed by atoms with Crippen LogP contribution in [0.15, 0.2) is 24.3 Å². The molecule has 2 heterocycles. The Hall–Kier alpha value is -1.02. The fourth-order valence-corrected chi connectivity index (χ4v) is 2.55. The van der Waals surface area contributed by atoms with E-state index < -0.39 is 0 Å². The van der Waals surface area contributed by atoms with E-state index in [4.69, 9.17) is 0 Å². The van der Waals surface area contributed by atoms with Gasteiger partial charge < -0.3 is 10.2 Å². The van der Waals surface area contributed by atoms with Crippen LogP contribution in [-0.4, -0.2) is 25.7 Å². The van der Waals surface area contributed by atoms with Crippen LogP contribution < -0.4 is 10.2 Å². The summed E-state index contributed by atoms with van der Waals surface area (Å²) in [5.41, 5.74) is 2.73. The second kappa shape index (κ2) is 2.99. The van der Waals surface area contributed by atoms with Gasteiger partial charge in [-0.2, -0.15) is 0 Å². The summed E-state index contributed by atoms with van der Waals surface area (Å²) in [7, 11) is 0. The summed E-state index contributed by atoms with van der Waals surface area (Å²) in [5.74, 6) is 0.899. The van der Waals surface area contributed by atoms with Crippen molar-refractivity contribution in [1.82, 2.24) is 5.32 Å². The first-order valence-electron chi connectivity index (χ1n) is 5.38. The van der Waals surface area contributed by atoms with Crippen molar-refractivity contribution in [2.24, 2.45) is 5.92 Å². The van der Waals surface area contributed by atoms with Crippen molar-refractivity contribution in [3.05, 3.63) is 29.8 Å². The summed E-state index contributed by atoms with van der Waals surface area (Å²) in [6.07, 6.45) is 0. The Morgan fingerprint density at radius 2 is 2.00 bits per heavy atom. The fraction of sp³-hybridized carbons (Fsp3) is 0.500. The van der Waals surface area contributed by atoms with Gasteiger partial charge in [0.25, 0.3) is 0 Å². The lowest BCUT2D eigenvalue weighted by molar-refractivity contribution is 0.365. The topological polar surface area (TPSA) is 15.3 Å². The van der Waals surface area contributed by atoms with Crippen molar-refractivity contribution in [2.75, 3.05) is 24.5 Å². The highest BCUT2D eigenvalue weighted by Crippen LogP contribution is 2.33. The average molecular weight is 188 g/mol. The Morgan fingerprint density at radius 1 is 1.21 bits per heavy atom. The van der Waals surface area contributed by atoms with Crippen LogP contribution in [0.25, 0.3) is 0 Å². The van der Waals surface area contributed by atoms with Crippen LogP contribution in [0.2, 0.25) is 0 Å². The third kappa shape index (κ3) is 1.14. The summed E-state index contributed by atoms with van der Waals surface area (Å²) in [6.45, 7) is 5.76. The predicted octanol–water partition coefficient (Wildman–Crippen LogP) is 1.40. The third-order valence-electron chi connectivity index (χ3n) is 3.50. The number of nitrogens with one attached hydrogen (secondary N) is 1. The van der Waals surface area contributed by atoms with Crippen molar-refractivity contribution in [1.29, 1.82) is 0 Å². The van der Waals surface area contributed by atoms with E-state index >= 15 is 0 Å². The molecular weight excluding hydrogens is 172 g/mol. The summed E-state index contributed by atoms with van der Waals surface area (Å²) in [4.78, 5) is 2.52. The van der Waals surface area contributed by atoms with Gasteiger partial charge in [-0.1, -0.05) is 17.7 Å². The first-order valence-corrected chi connectivity index (χ1v) is 5.38. The number of hydrogen-bond donors (Lipinski definition) is 1. The zero-order valence-corrected chi connectivity index (χ0v) is 8.53. The van der Waals surface area contributed by atoms with E-state index in [0.29, 0.717) is 0 Å². The van der Waals surface area contributed by atoms with Crippen LogP contribution >= 0.6 is 0 Å². The molecule has 74 valence electrons. The quantitative estimate of drug-likeness (QED) is 0.716. The number of aryl methyl sites for hydroxylation is 1. The smallest absolute Gasteiger partial charge is 0.0471 e. The third-order valence-corrected chi connectivity index (χ3v) is 3.50. The number of hydrogen-bond acceptors (Lipinski definition) is 2. The van der Waals surface area contributed by atoms with Gasteiger partial charge in [-0.3, -0.25) is 0 Å². The molecule has 0 amide bonds. The molecule has 0 aliphatic carbocycles. The first-order chi connectivity index (χ1) is 6.84. The van der Waals surface area contributed by atoms with Gasteiger partial charge in [0.1, 0.15) is 0 Å². The molecule has 2 fully saturated rings. The van der Waals surface area contributed by atoms with Gasteiger partial charge >= 0.3 is 0 Å². The Morgan fingerprint density at radius 3 is 2.71 bits per heavy atom. The molecule has 1 N–H and O–H groups in total. The summed E-state index contributed by atoms with van der Waals surface area (Å²) in [6, 6.07) is 9.64. The van der Waals surface area contributed by atoms with Gasteiger partial charge in [-0.15, -0.1) is 0 Å². The van der Waals surface area contributed by atoms with Crippen LogP contribution in [0, 0.1) is 12.8 Å². The molecular formula is C12H16N2. The largest absolute Gasteiger partial charge is 0.366 e. The highest BCUT2D eigenvalue weighted by atomic mass is 15.3. The molecule has 2 aliphatic rings. The normalized spacial score (nSPS) is 29.9. The number of nitrogens with zero attached hydrogens (tertiary/aromatic N) is 1. The molecule has 0 spiro atoms. The van der Waals surface area contributed by atoms with E-state index in [0.717, 1.165) is 12.0 Å². The van der Waals surface area contributed by atoms with E-state index in [1.54, 1.807) is 0 Å². The fourth-order valence-electron chi connectivity index (χ4n) is 2.55. The van der Waals surface area contributed by atoms with Crippen molar-refractivity contribution < 1.29 is 0 Å². The molecule has 0 saturated carbocycles. The molecule has 3 rings (SSSR count). The van der Waals surface area contributed by atoms with Crippen LogP contribution in [-0.2, 0) is 0 Å². The molecule has 1 aromatic rings. The number of benzene rings is 1. The molecule has 1 aromatic carbocycles. The first kappa shape index (κ1) is 8.30. The minimum absolute atomic E-state index is 0.762. The zero-order valence-electron chi connectivity index (χ0n) is 8.53. The average Bonchev–Trinajstić information content (AvgIpc) is 2.52. The lowest BCUT2D eigenvalue weighted by Crippen LogP contribution is -2.55. The molecule has 2 aliphatic heterocycles. The zero-order chi connectivity index (χ0) is 9.54. The van der Waals surface area contributed by atoms with E-state index in [-0.39, 0.29) is 0 Å². The molecule has 2 heteroatoms. The van der Waals surface area contributed by atoms with Gasteiger partial charge in [0, 0.05) is 37.3 Å². The lowest BCUT2D eigenvalue weighted by atomic mass is 9.91. The van der Waals surface area contributed by atoms with Gasteiger partial charge in [-0.25, -0.2) is 0 Å². The van der Waals surface area contributed by atoms with E-state index in [1.807, 2.05) is 0 Å². The SMILES string of the molecule is Cc1ccc(N2C[C@H]3CNCC32)cc1. The molecule has 1 unspecified atom stereocenters. The maximum atomic E-state index is 3.45. The summed E-state index contributed by atoms with van der Waals surface area (Å²) >= 11 is 0. The monoisotopic (exact) mass is 188 g/mol. The second-order valence-electron chi connectivity index (χ2n) is 4.47. The maximum absolute atomic E-state index is 3.45. The van der Waals surface area contributed by atoms with Crippen LogP contribution in [0.1, 0.15) is 5.56 Å². The second-order valence-corrected chi connectivity index (χ2v) is 4.47. The minimum atomic E-state index is 0.762. The van der Waals surface area contributed by atoms with Crippen LogP contribution in [0.4, 0.5) is 5.69 Å². The van der Waals surface area contributed by atoms with E-state index in [2.05, 4.69) is 41.4 Å². The lowest BCUT2D eigenvalue weighted by Gasteiger charge is -2.45. The highest BCUT2D eigenvalue weighted by Gasteiger charge is 2.41. The van der Waals surface area contributed by atoms with Gasteiger partial charge in [-0.05, 0) is 19.1 Å². The molecule has 0 radical (unpaired) electrons. The Balaban J connectivity index is 1.80. The van der Waals surface area contributed by atoms with Crippen molar-refractivity contribution in [3.63, 3.8) is 0 Å². The maximum Gasteiger partial charge on any atom is 0.0471 e. The van der Waals surface area contributed by atoms with E-state index in [1.165, 1.54) is 30.9 Å². The van der Waals surface area contributed by atoms with Gasteiger partial charge in [0.05, 0.1) is 0 Å². The molecule has 0 aromatic heterocycles. The summed E-state index contributed by atoms with van der Waals surface area (Å²) in [5, 5.41) is 3.45. The predicted molar refractivity (Wildman–Crippen MR) is 58.7 cm³/mol. The molecule has 0 bridgehead atoms. The number of anilines is 1. The molecule has 2 saturated heterocycles. The number of fused-ring (bicyclic) bond motifs is 1. The Kier molecular flexibility index (Phi) is 1.77. The van der Waals surface area contributed by atoms with E-state index in [9.17, 15) is 0 Å². The Bertz CT molecular complexity index is 331. The van der Waals surface area contributed by atoms with Gasteiger partial charge in [0.15, 0.2) is 0 Å². The standard InChI is InChI=1S/C12H16N2/c1-9-2-4-11(5-3-9)14-8-10-6-13-7-12(10)14/h2-5,10,12-13H,6-8H2,1H3/t10-,12?/m1/s1.